The van der Waals surface area contributed by atoms with Crippen molar-refractivity contribution < 1.29 is 9.59 Å². The second-order valence-corrected chi connectivity index (χ2v) is 5.69. The van der Waals surface area contributed by atoms with Gasteiger partial charge in [-0.2, -0.15) is 0 Å². The molecule has 3 heterocycles. The van der Waals surface area contributed by atoms with E-state index in [1.807, 2.05) is 11.8 Å². The maximum Gasteiger partial charge on any atom is 0.228 e. The third-order valence-electron chi connectivity index (χ3n) is 4.37. The Kier molecular flexibility index (Phi) is 4.22. The highest BCUT2D eigenvalue weighted by atomic mass is 16.2. The molecule has 22 heavy (non-hydrogen) atoms. The van der Waals surface area contributed by atoms with Crippen molar-refractivity contribution in [3.63, 3.8) is 0 Å². The average molecular weight is 303 g/mol. The van der Waals surface area contributed by atoms with Gasteiger partial charge in [-0.3, -0.25) is 9.59 Å². The van der Waals surface area contributed by atoms with Gasteiger partial charge in [-0.15, -0.1) is 0 Å². The van der Waals surface area contributed by atoms with Crippen molar-refractivity contribution in [3.8, 4) is 0 Å². The molecular formula is C15H21N5O2. The van der Waals surface area contributed by atoms with Gasteiger partial charge in [-0.1, -0.05) is 0 Å². The van der Waals surface area contributed by atoms with Gasteiger partial charge in [-0.25, -0.2) is 9.97 Å². The molecule has 118 valence electrons. The van der Waals surface area contributed by atoms with Crippen LogP contribution in [0.25, 0.3) is 0 Å². The van der Waals surface area contributed by atoms with E-state index in [-0.39, 0.29) is 17.7 Å². The molecule has 2 amide bonds. The van der Waals surface area contributed by atoms with Gasteiger partial charge in [0, 0.05) is 58.1 Å². The number of hydrogen-bond acceptors (Lipinski definition) is 5. The number of nitrogens with zero attached hydrogens (tertiary/aromatic N) is 5. The summed E-state index contributed by atoms with van der Waals surface area (Å²) < 4.78 is 0. The molecule has 0 spiro atoms. The fourth-order valence-corrected chi connectivity index (χ4v) is 3.08. The average Bonchev–Trinajstić information content (AvgIpc) is 2.96. The van der Waals surface area contributed by atoms with Crippen molar-refractivity contribution in [2.75, 3.05) is 44.2 Å². The quantitative estimate of drug-likeness (QED) is 0.786. The molecule has 2 aliphatic rings. The smallest absolute Gasteiger partial charge is 0.228 e. The minimum Gasteiger partial charge on any atom is -0.342 e. The lowest BCUT2D eigenvalue weighted by molar-refractivity contribution is -0.136. The molecule has 1 aromatic heterocycles. The van der Waals surface area contributed by atoms with Gasteiger partial charge >= 0.3 is 0 Å². The Labute approximate surface area is 129 Å². The zero-order valence-electron chi connectivity index (χ0n) is 12.8. The van der Waals surface area contributed by atoms with Gasteiger partial charge in [0.15, 0.2) is 0 Å². The molecule has 0 radical (unpaired) electrons. The number of carbonyl (C=O) groups excluding carboxylic acids is 2. The Morgan fingerprint density at radius 1 is 1.23 bits per heavy atom. The first-order chi connectivity index (χ1) is 10.7. The summed E-state index contributed by atoms with van der Waals surface area (Å²) in [5.74, 6) is 0.741. The first-order valence-electron chi connectivity index (χ1n) is 7.77. The van der Waals surface area contributed by atoms with Gasteiger partial charge in [-0.05, 0) is 13.0 Å². The molecule has 0 aromatic carbocycles. The van der Waals surface area contributed by atoms with Crippen LogP contribution in [0.3, 0.4) is 0 Å². The lowest BCUT2D eigenvalue weighted by Gasteiger charge is -2.35. The largest absolute Gasteiger partial charge is 0.342 e. The molecule has 1 aromatic rings. The van der Waals surface area contributed by atoms with Crippen molar-refractivity contribution in [2.45, 2.75) is 13.3 Å². The number of piperazine rings is 1. The van der Waals surface area contributed by atoms with E-state index in [0.717, 1.165) is 13.1 Å². The monoisotopic (exact) mass is 303 g/mol. The van der Waals surface area contributed by atoms with Crippen molar-refractivity contribution in [3.05, 3.63) is 18.5 Å². The number of amides is 2. The van der Waals surface area contributed by atoms with E-state index in [0.29, 0.717) is 38.5 Å². The molecule has 0 unspecified atom stereocenters. The fraction of sp³-hybridized carbons (Fsp3) is 0.600. The third-order valence-corrected chi connectivity index (χ3v) is 4.37. The summed E-state index contributed by atoms with van der Waals surface area (Å²) in [5, 5.41) is 0. The Bertz CT molecular complexity index is 542. The first-order valence-corrected chi connectivity index (χ1v) is 7.77. The molecule has 0 bridgehead atoms. The number of hydrogen-bond donors (Lipinski definition) is 0. The molecule has 3 rings (SSSR count). The highest BCUT2D eigenvalue weighted by molar-refractivity contribution is 5.89. The Hall–Kier alpha value is -2.18. The molecule has 2 fully saturated rings. The highest BCUT2D eigenvalue weighted by Gasteiger charge is 2.36. The molecule has 2 saturated heterocycles. The molecular weight excluding hydrogens is 282 g/mol. The van der Waals surface area contributed by atoms with Gasteiger partial charge < -0.3 is 14.7 Å². The van der Waals surface area contributed by atoms with E-state index in [1.165, 1.54) is 0 Å². The van der Waals surface area contributed by atoms with Crippen LogP contribution in [-0.2, 0) is 9.59 Å². The van der Waals surface area contributed by atoms with E-state index >= 15 is 0 Å². The molecule has 0 saturated carbocycles. The van der Waals surface area contributed by atoms with Crippen molar-refractivity contribution in [1.29, 1.82) is 0 Å². The van der Waals surface area contributed by atoms with Crippen LogP contribution in [0.5, 0.6) is 0 Å². The number of likely N-dealkylation sites (tertiary alicyclic amines) is 1. The minimum absolute atomic E-state index is 0.0946. The third kappa shape index (κ3) is 2.88. The van der Waals surface area contributed by atoms with Crippen LogP contribution in [0.1, 0.15) is 13.3 Å². The molecule has 0 aliphatic carbocycles. The Morgan fingerprint density at radius 2 is 1.91 bits per heavy atom. The normalized spacial score (nSPS) is 22.3. The van der Waals surface area contributed by atoms with Crippen LogP contribution in [0.2, 0.25) is 0 Å². The summed E-state index contributed by atoms with van der Waals surface area (Å²) in [6, 6.07) is 1.79. The molecule has 7 nitrogen and oxygen atoms in total. The Morgan fingerprint density at radius 3 is 2.50 bits per heavy atom. The summed E-state index contributed by atoms with van der Waals surface area (Å²) in [6.07, 6.45) is 3.81. The Balaban J connectivity index is 1.55. The van der Waals surface area contributed by atoms with Crippen molar-refractivity contribution in [1.82, 2.24) is 19.8 Å². The summed E-state index contributed by atoms with van der Waals surface area (Å²) in [4.78, 5) is 38.5. The zero-order valence-corrected chi connectivity index (χ0v) is 12.8. The van der Waals surface area contributed by atoms with Crippen molar-refractivity contribution in [2.24, 2.45) is 5.92 Å². The predicted molar refractivity (Wildman–Crippen MR) is 81.2 cm³/mol. The van der Waals surface area contributed by atoms with E-state index in [1.54, 1.807) is 23.4 Å². The van der Waals surface area contributed by atoms with Gasteiger partial charge in [0.1, 0.15) is 0 Å². The zero-order chi connectivity index (χ0) is 15.5. The number of anilines is 1. The molecule has 2 aliphatic heterocycles. The first kappa shape index (κ1) is 14.7. The highest BCUT2D eigenvalue weighted by Crippen LogP contribution is 2.21. The van der Waals surface area contributed by atoms with E-state index in [9.17, 15) is 9.59 Å². The number of aromatic nitrogens is 2. The predicted octanol–water partition coefficient (Wildman–Crippen LogP) is -0.00640. The second kappa shape index (κ2) is 6.29. The lowest BCUT2D eigenvalue weighted by Crippen LogP contribution is -2.51. The maximum atomic E-state index is 12.5. The maximum absolute atomic E-state index is 12.5. The van der Waals surface area contributed by atoms with Gasteiger partial charge in [0.2, 0.25) is 17.8 Å². The van der Waals surface area contributed by atoms with Gasteiger partial charge in [0.25, 0.3) is 0 Å². The van der Waals surface area contributed by atoms with Crippen LogP contribution in [0, 0.1) is 5.92 Å². The molecule has 0 N–H and O–H groups in total. The van der Waals surface area contributed by atoms with Crippen LogP contribution in [0.15, 0.2) is 18.5 Å². The van der Waals surface area contributed by atoms with Crippen LogP contribution in [0.4, 0.5) is 5.95 Å². The lowest BCUT2D eigenvalue weighted by atomic mass is 10.1. The summed E-state index contributed by atoms with van der Waals surface area (Å²) in [7, 11) is 0. The van der Waals surface area contributed by atoms with E-state index in [2.05, 4.69) is 14.9 Å². The fourth-order valence-electron chi connectivity index (χ4n) is 3.08. The number of rotatable bonds is 3. The molecule has 1 atom stereocenters. The SMILES string of the molecule is CCN1C[C@@H](C(=O)N2CCN(c3ncccn3)CC2)CC1=O. The van der Waals surface area contributed by atoms with Crippen LogP contribution >= 0.6 is 0 Å². The molecule has 7 heteroatoms. The second-order valence-electron chi connectivity index (χ2n) is 5.69. The van der Waals surface area contributed by atoms with E-state index < -0.39 is 0 Å². The van der Waals surface area contributed by atoms with E-state index in [4.69, 9.17) is 0 Å². The standard InChI is InChI=1S/C15H21N5O2/c1-2-18-11-12(10-13(18)21)14(22)19-6-8-20(9-7-19)15-16-4-3-5-17-15/h3-5,12H,2,6-11H2,1H3/t12-/m0/s1. The van der Waals surface area contributed by atoms with Crippen LogP contribution in [-0.4, -0.2) is 70.9 Å². The summed E-state index contributed by atoms with van der Waals surface area (Å²) >= 11 is 0. The van der Waals surface area contributed by atoms with Gasteiger partial charge in [0.05, 0.1) is 5.92 Å². The summed E-state index contributed by atoms with van der Waals surface area (Å²) in [5.41, 5.74) is 0. The topological polar surface area (TPSA) is 69.6 Å². The van der Waals surface area contributed by atoms with Crippen molar-refractivity contribution >= 4 is 17.8 Å². The minimum atomic E-state index is -0.174. The van der Waals surface area contributed by atoms with Crippen LogP contribution < -0.4 is 4.90 Å². The summed E-state index contributed by atoms with van der Waals surface area (Å²) in [6.45, 7) is 5.98. The number of carbonyl (C=O) groups is 2.